The first-order chi connectivity index (χ1) is 49.1. The summed E-state index contributed by atoms with van der Waals surface area (Å²) in [7, 11) is 0. The Morgan fingerprint density at radius 1 is 0.396 bits per heavy atom. The Balaban J connectivity index is 0.0000000973. The van der Waals surface area contributed by atoms with Gasteiger partial charge in [-0.05, 0) is 293 Å². The minimum Gasteiger partial charge on any atom is -0.439 e. The number of hydrogen-bond acceptors (Lipinski definition) is 8. The van der Waals surface area contributed by atoms with E-state index in [2.05, 4.69) is 164 Å². The van der Waals surface area contributed by atoms with E-state index in [1.165, 1.54) is 151 Å². The van der Waals surface area contributed by atoms with Gasteiger partial charge in [-0.2, -0.15) is 0 Å². The Labute approximate surface area is 607 Å². The van der Waals surface area contributed by atoms with Gasteiger partial charge in [-0.15, -0.1) is 0 Å². The van der Waals surface area contributed by atoms with Crippen LogP contribution >= 0.6 is 15.9 Å². The second kappa shape index (κ2) is 27.3. The molecule has 4 heterocycles. The van der Waals surface area contributed by atoms with Crippen molar-refractivity contribution in [3.05, 3.63) is 155 Å². The van der Waals surface area contributed by atoms with Crippen LogP contribution in [0, 0.1) is 101 Å². The van der Waals surface area contributed by atoms with Crippen LogP contribution in [-0.2, 0) is 14.2 Å². The van der Waals surface area contributed by atoms with Crippen molar-refractivity contribution in [3.63, 3.8) is 0 Å². The molecule has 20 aliphatic rings. The largest absolute Gasteiger partial charge is 0.439 e. The maximum atomic E-state index is 12.8. The molecule has 16 aliphatic carbocycles. The van der Waals surface area contributed by atoms with Gasteiger partial charge in [0.15, 0.2) is 0 Å². The highest BCUT2D eigenvalue weighted by Gasteiger charge is 2.58. The van der Waals surface area contributed by atoms with Gasteiger partial charge in [-0.25, -0.2) is 19.2 Å². The first-order valence-electron chi connectivity index (χ1n) is 39.8. The third-order valence-electron chi connectivity index (χ3n) is 28.9. The van der Waals surface area contributed by atoms with Gasteiger partial charge in [0, 0.05) is 35.2 Å². The van der Waals surface area contributed by atoms with Crippen LogP contribution in [0.1, 0.15) is 184 Å². The monoisotopic (exact) mass is 1430 g/mol. The lowest BCUT2D eigenvalue weighted by Gasteiger charge is -2.56. The van der Waals surface area contributed by atoms with Crippen LogP contribution < -0.4 is 5.32 Å². The van der Waals surface area contributed by atoms with Crippen molar-refractivity contribution in [1.29, 1.82) is 0 Å². The summed E-state index contributed by atoms with van der Waals surface area (Å²) in [5.41, 5.74) is 7.70. The first-order valence-corrected chi connectivity index (χ1v) is 40.6. The molecule has 20 fully saturated rings. The molecule has 25 rings (SSSR count). The Morgan fingerprint density at radius 2 is 0.723 bits per heavy atom. The van der Waals surface area contributed by atoms with E-state index in [-0.39, 0.29) is 49.2 Å². The van der Waals surface area contributed by atoms with Gasteiger partial charge in [-0.3, -0.25) is 0 Å². The second-order valence-electron chi connectivity index (χ2n) is 35.9. The number of cyclic esters (lactones) is 3. The lowest BCUT2D eigenvalue weighted by molar-refractivity contribution is -0.0496. The van der Waals surface area contributed by atoms with Gasteiger partial charge in [0.05, 0.1) is 31.8 Å². The molecule has 5 aromatic carbocycles. The average Bonchev–Trinajstić information content (AvgIpc) is 1.63. The summed E-state index contributed by atoms with van der Waals surface area (Å²) in [6, 6.07) is 47.8. The molecule has 14 heteroatoms. The zero-order chi connectivity index (χ0) is 68.4. The van der Waals surface area contributed by atoms with Gasteiger partial charge in [0.2, 0.25) is 0 Å². The second-order valence-corrected chi connectivity index (χ2v) is 36.8. The van der Waals surface area contributed by atoms with Crippen LogP contribution in [0.2, 0.25) is 0 Å². The number of benzene rings is 5. The number of nitrogens with zero attached hydrogens (tertiary/aromatic N) is 4. The quantitative estimate of drug-likeness (QED) is 0.118. The lowest BCUT2D eigenvalue weighted by Crippen LogP contribution is -2.57. The van der Waals surface area contributed by atoms with Crippen molar-refractivity contribution in [3.8, 4) is 22.3 Å². The Hall–Kier alpha value is -6.38. The molecular weight excluding hydrogens is 1320 g/mol. The number of carbonyl (C=O) groups excluding carboxylic acids is 4. The third kappa shape index (κ3) is 13.0. The average molecular weight is 1430 g/mol. The fourth-order valence-corrected chi connectivity index (χ4v) is 26.5. The summed E-state index contributed by atoms with van der Waals surface area (Å²) in [6.07, 6.45) is 27.3. The number of aliphatic hydroxyl groups is 1. The molecule has 4 saturated heterocycles. The van der Waals surface area contributed by atoms with E-state index < -0.39 is 5.54 Å². The number of aliphatic hydroxyl groups excluding tert-OH is 1. The zero-order valence-corrected chi connectivity index (χ0v) is 61.0. The molecule has 0 aromatic heterocycles. The van der Waals surface area contributed by atoms with E-state index in [1.807, 2.05) is 24.3 Å². The summed E-state index contributed by atoms with van der Waals surface area (Å²) in [5, 5.41) is 13.1. The van der Waals surface area contributed by atoms with E-state index in [9.17, 15) is 24.3 Å². The minimum atomic E-state index is -0.417. The van der Waals surface area contributed by atoms with Gasteiger partial charge >= 0.3 is 24.3 Å². The summed E-state index contributed by atoms with van der Waals surface area (Å²) in [4.78, 5) is 59.2. The highest BCUT2D eigenvalue weighted by atomic mass is 79.9. The summed E-state index contributed by atoms with van der Waals surface area (Å²) < 4.78 is 18.5. The van der Waals surface area contributed by atoms with Crippen molar-refractivity contribution >= 4 is 40.2 Å². The zero-order valence-electron chi connectivity index (χ0n) is 59.4. The van der Waals surface area contributed by atoms with E-state index in [4.69, 9.17) is 14.2 Å². The van der Waals surface area contributed by atoms with Crippen LogP contribution in [0.15, 0.2) is 138 Å². The van der Waals surface area contributed by atoms with Crippen molar-refractivity contribution in [2.24, 2.45) is 101 Å². The number of nitrogens with one attached hydrogen (secondary N) is 1. The van der Waals surface area contributed by atoms with Crippen molar-refractivity contribution in [2.45, 2.75) is 197 Å². The maximum absolute atomic E-state index is 12.8. The number of amides is 5. The van der Waals surface area contributed by atoms with Gasteiger partial charge in [0.1, 0.15) is 18.3 Å². The predicted molar refractivity (Wildman–Crippen MR) is 394 cm³/mol. The Bertz CT molecular complexity index is 3740. The van der Waals surface area contributed by atoms with Crippen LogP contribution in [0.25, 0.3) is 22.3 Å². The number of halogens is 1. The Morgan fingerprint density at radius 3 is 1.09 bits per heavy atom. The highest BCUT2D eigenvalue weighted by Crippen LogP contribution is 2.60. The number of rotatable bonds is 12. The summed E-state index contributed by atoms with van der Waals surface area (Å²) in [6.45, 7) is 7.24. The molecule has 16 saturated carbocycles. The molecule has 4 unspecified atom stereocenters. The fraction of sp³-hybridized carbons (Fsp3) is 0.609. The predicted octanol–water partition coefficient (Wildman–Crippen LogP) is 18.7. The number of carbonyl (C=O) groups is 4. The topological polar surface area (TPSA) is 141 Å². The molecule has 5 aromatic rings. The maximum Gasteiger partial charge on any atom is 0.410 e. The van der Waals surface area contributed by atoms with Crippen molar-refractivity contribution in [1.82, 2.24) is 24.9 Å². The number of urea groups is 1. The SMILES string of the molecule is CC(C)CC1(CO)CN(C2C3CC4CC(C3)CC2C4)C(=O)N1.O=C1OC(c2ccc(-c3ccccc3)cc2)CN1C1C2CC3CC(C2)CC1C3.O=C1OC(c2cccc(-c3ccccc3)c2)CN1C1C2CC3CC(C2)CC1C3.O=C1OC(c2cccc(Br)c2)CN1C1C2CC3CC(C2)CC1C3. The molecule has 534 valence electrons. The number of hydrogen-bond donors (Lipinski definition) is 2. The van der Waals surface area contributed by atoms with E-state index in [1.54, 1.807) is 0 Å². The molecular formula is C87H106BrN5O8. The van der Waals surface area contributed by atoms with E-state index >= 15 is 0 Å². The molecule has 16 bridgehead atoms. The smallest absolute Gasteiger partial charge is 0.410 e. The Kier molecular flexibility index (Phi) is 18.0. The molecule has 13 nitrogen and oxygen atoms in total. The minimum absolute atomic E-state index is 0.0563. The molecule has 101 heavy (non-hydrogen) atoms. The van der Waals surface area contributed by atoms with Gasteiger partial charge in [-0.1, -0.05) is 145 Å². The third-order valence-corrected chi connectivity index (χ3v) is 29.3. The molecule has 5 amide bonds. The van der Waals surface area contributed by atoms with E-state index in [0.717, 1.165) is 112 Å². The van der Waals surface area contributed by atoms with E-state index in [0.29, 0.717) is 66.8 Å². The summed E-state index contributed by atoms with van der Waals surface area (Å²) >= 11 is 3.51. The molecule has 0 spiro atoms. The van der Waals surface area contributed by atoms with Crippen LogP contribution in [0.3, 0.4) is 0 Å². The summed E-state index contributed by atoms with van der Waals surface area (Å²) in [5.74, 6) is 13.6. The molecule has 4 atom stereocenters. The van der Waals surface area contributed by atoms with Crippen molar-refractivity contribution < 1.29 is 38.5 Å². The molecule has 2 N–H and O–H groups in total. The van der Waals surface area contributed by atoms with Crippen molar-refractivity contribution in [2.75, 3.05) is 32.8 Å². The highest BCUT2D eigenvalue weighted by molar-refractivity contribution is 9.10. The normalized spacial score (nSPS) is 39.6. The van der Waals surface area contributed by atoms with Gasteiger partial charge < -0.3 is 44.2 Å². The van der Waals surface area contributed by atoms with Crippen LogP contribution in [0.5, 0.6) is 0 Å². The fourth-order valence-electron chi connectivity index (χ4n) is 26.1. The molecule has 0 radical (unpaired) electrons. The van der Waals surface area contributed by atoms with Crippen LogP contribution in [0.4, 0.5) is 19.2 Å². The first kappa shape index (κ1) is 66.6. The van der Waals surface area contributed by atoms with Gasteiger partial charge in [0.25, 0.3) is 0 Å². The number of ether oxygens (including phenoxy) is 3. The standard InChI is InChI=1S/2C25H27NO2.C19H22BrNO2.C18H30N2O2/c27-25-26(24-21-10-16-9-17(12-21)13-22(24)11-16)15-23(28-25)20-8-4-7-19(14-20)18-5-2-1-3-6-18;27-25-26(24-21-11-16-10-17(13-21)14-22(24)12-16)15-23(28-25)20-8-6-19(7-9-20)18-4-2-1-3-5-18;20-16-3-1-2-13(9-16)17-10-21(19(22)23-17)18-14-5-11-4-12(7-14)8-15(18)6-11;1-11(2)8-18(10-21)9-20(17(22)19-18)16-14-4-12-3-13(6-14)7-15(16)5-12/h1-8,14,16-17,21-24H,9-13,15H2;1-9,16-17,21-24H,10-15H2;1-3,9,11-12,14-15,17-18H,4-8,10H2;11-16,21H,3-10H2,1-2H3,(H,19,22). The lowest BCUT2D eigenvalue weighted by atomic mass is 9.54. The van der Waals surface area contributed by atoms with Crippen LogP contribution in [-0.4, -0.2) is 112 Å². The molecule has 4 aliphatic heterocycles.